The zero-order valence-corrected chi connectivity index (χ0v) is 35.7. The molecule has 2 atom stereocenters. The smallest absolute Gasteiger partial charge is 0.0235 e. The van der Waals surface area contributed by atoms with E-state index in [9.17, 15) is 0 Å². The summed E-state index contributed by atoms with van der Waals surface area (Å²) in [6.45, 7) is 4.63. The first-order chi connectivity index (χ1) is 25.3. The summed E-state index contributed by atoms with van der Waals surface area (Å²) in [5.41, 5.74) is 3.44. The van der Waals surface area contributed by atoms with Crippen molar-refractivity contribution in [1.29, 1.82) is 0 Å². The van der Waals surface area contributed by atoms with Crippen molar-refractivity contribution in [1.82, 2.24) is 0 Å². The number of rotatable bonds is 36. The largest absolute Gasteiger partial charge is 0.147 e. The molecule has 0 aliphatic heterocycles. The Morgan fingerprint density at radius 1 is 0.392 bits per heavy atom. The average Bonchev–Trinajstić information content (AvgIpc) is 3.15. The first kappa shape index (κ1) is 46.5. The summed E-state index contributed by atoms with van der Waals surface area (Å²) in [5.74, 6) is 0. The summed E-state index contributed by atoms with van der Waals surface area (Å²) in [4.78, 5) is 0. The lowest BCUT2D eigenvalue weighted by atomic mass is 9.98. The molecule has 0 radical (unpaired) electrons. The Balaban J connectivity index is 1.66. The predicted octanol–water partition coefficient (Wildman–Crippen LogP) is 18.3. The second-order valence-corrected chi connectivity index (χ2v) is 18.3. The number of hydrogen-bond acceptors (Lipinski definition) is 1. The molecule has 0 nitrogen and oxygen atoms in total. The summed E-state index contributed by atoms with van der Waals surface area (Å²) >= 11 is 2.35. The summed E-state index contributed by atoms with van der Waals surface area (Å²) in [5, 5.41) is 1.40. The molecule has 0 fully saturated rings. The van der Waals surface area contributed by atoms with Crippen LogP contribution in [0.1, 0.15) is 258 Å². The molecule has 0 N–H and O–H groups in total. The molecule has 1 heteroatoms. The van der Waals surface area contributed by atoms with E-state index in [1.807, 2.05) is 0 Å². The van der Waals surface area contributed by atoms with E-state index in [1.165, 1.54) is 244 Å². The van der Waals surface area contributed by atoms with Gasteiger partial charge < -0.3 is 0 Å². The SMILES string of the molecule is CCCCCCCCCCCCCCCCCC(C=C1CC=CCC1)SC(C=C1CC=CCC1)CCCCCCCCCCCCCCCCC. The standard InChI is InChI=1S/C50H90S/c1-3-5-7-9-11-13-15-17-19-21-23-25-27-29-37-43-49(45-47-39-33-31-34-40-47)51-50(46-48-41-35-32-36-42-48)44-38-30-28-26-24-22-20-18-16-14-12-10-8-6-4-2/h31-33,35,45-46,49-50H,3-30,34,36-44H2,1-2H3. The van der Waals surface area contributed by atoms with Gasteiger partial charge in [-0.25, -0.2) is 0 Å². The van der Waals surface area contributed by atoms with E-state index in [-0.39, 0.29) is 0 Å². The van der Waals surface area contributed by atoms with Crippen LogP contribution in [-0.4, -0.2) is 10.5 Å². The molecule has 0 spiro atoms. The monoisotopic (exact) mass is 723 g/mol. The van der Waals surface area contributed by atoms with Crippen molar-refractivity contribution in [2.45, 2.75) is 268 Å². The van der Waals surface area contributed by atoms with Crippen LogP contribution in [-0.2, 0) is 0 Å². The number of thioether (sulfide) groups is 1. The third-order valence-corrected chi connectivity index (χ3v) is 13.2. The summed E-state index contributed by atoms with van der Waals surface area (Å²) in [7, 11) is 0. The van der Waals surface area contributed by atoms with Crippen molar-refractivity contribution < 1.29 is 0 Å². The third kappa shape index (κ3) is 29.4. The Bertz CT molecular complexity index is 790. The van der Waals surface area contributed by atoms with E-state index in [4.69, 9.17) is 0 Å². The van der Waals surface area contributed by atoms with Crippen LogP contribution in [0.2, 0.25) is 0 Å². The van der Waals surface area contributed by atoms with Crippen molar-refractivity contribution in [3.8, 4) is 0 Å². The molecule has 51 heavy (non-hydrogen) atoms. The molecule has 0 bridgehead atoms. The molecule has 2 rings (SSSR count). The Labute approximate surface area is 326 Å². The van der Waals surface area contributed by atoms with E-state index in [1.54, 1.807) is 11.1 Å². The fourth-order valence-electron chi connectivity index (χ4n) is 8.31. The highest BCUT2D eigenvalue weighted by Crippen LogP contribution is 2.33. The molecule has 2 aliphatic carbocycles. The van der Waals surface area contributed by atoms with Gasteiger partial charge in [0.25, 0.3) is 0 Å². The van der Waals surface area contributed by atoms with Gasteiger partial charge in [-0.05, 0) is 51.4 Å². The summed E-state index contributed by atoms with van der Waals surface area (Å²) in [6.07, 6.45) is 69.0. The minimum atomic E-state index is 0.700. The van der Waals surface area contributed by atoms with Crippen molar-refractivity contribution >= 4 is 11.8 Å². The summed E-state index contributed by atoms with van der Waals surface area (Å²) < 4.78 is 0. The molecule has 0 aromatic carbocycles. The maximum absolute atomic E-state index is 2.75. The van der Waals surface area contributed by atoms with Crippen LogP contribution in [0.25, 0.3) is 0 Å². The summed E-state index contributed by atoms with van der Waals surface area (Å²) in [6, 6.07) is 0. The molecule has 0 aromatic heterocycles. The van der Waals surface area contributed by atoms with Crippen molar-refractivity contribution in [3.63, 3.8) is 0 Å². The van der Waals surface area contributed by atoms with Crippen molar-refractivity contribution in [3.05, 3.63) is 47.6 Å². The Morgan fingerprint density at radius 2 is 0.667 bits per heavy atom. The second kappa shape index (κ2) is 36.3. The van der Waals surface area contributed by atoms with E-state index >= 15 is 0 Å². The van der Waals surface area contributed by atoms with Crippen LogP contribution in [0.5, 0.6) is 0 Å². The first-order valence-electron chi connectivity index (χ1n) is 23.7. The van der Waals surface area contributed by atoms with E-state index in [0.717, 1.165) is 0 Å². The number of unbranched alkanes of at least 4 members (excludes halogenated alkanes) is 28. The Morgan fingerprint density at radius 3 is 0.922 bits per heavy atom. The molecule has 0 saturated carbocycles. The normalized spacial score (nSPS) is 17.5. The fourth-order valence-corrected chi connectivity index (χ4v) is 9.91. The molecular weight excluding hydrogens is 633 g/mol. The minimum Gasteiger partial charge on any atom is -0.147 e. The van der Waals surface area contributed by atoms with E-state index in [0.29, 0.717) is 10.5 Å². The molecule has 0 amide bonds. The van der Waals surface area contributed by atoms with Gasteiger partial charge in [0.2, 0.25) is 0 Å². The molecular formula is C50H90S. The number of hydrogen-bond donors (Lipinski definition) is 0. The van der Waals surface area contributed by atoms with Gasteiger partial charge in [0, 0.05) is 10.5 Å². The van der Waals surface area contributed by atoms with Crippen LogP contribution in [0.3, 0.4) is 0 Å². The molecule has 0 heterocycles. The van der Waals surface area contributed by atoms with Gasteiger partial charge in [0.05, 0.1) is 0 Å². The maximum Gasteiger partial charge on any atom is 0.0235 e. The third-order valence-electron chi connectivity index (χ3n) is 11.7. The van der Waals surface area contributed by atoms with Gasteiger partial charge in [-0.3, -0.25) is 0 Å². The van der Waals surface area contributed by atoms with Gasteiger partial charge in [0.15, 0.2) is 0 Å². The lowest BCUT2D eigenvalue weighted by Crippen LogP contribution is -2.10. The number of allylic oxidation sites excluding steroid dienone is 6. The zero-order chi connectivity index (χ0) is 36.1. The van der Waals surface area contributed by atoms with Crippen LogP contribution in [0.15, 0.2) is 47.6 Å². The van der Waals surface area contributed by atoms with Crippen LogP contribution < -0.4 is 0 Å². The van der Waals surface area contributed by atoms with Gasteiger partial charge in [-0.1, -0.05) is 254 Å². The van der Waals surface area contributed by atoms with Gasteiger partial charge in [-0.15, -0.1) is 11.8 Å². The first-order valence-corrected chi connectivity index (χ1v) is 24.6. The van der Waals surface area contributed by atoms with Crippen LogP contribution in [0.4, 0.5) is 0 Å². The van der Waals surface area contributed by atoms with Crippen LogP contribution in [0, 0.1) is 0 Å². The quantitative estimate of drug-likeness (QED) is 0.0458. The predicted molar refractivity (Wildman–Crippen MR) is 236 cm³/mol. The topological polar surface area (TPSA) is 0 Å². The highest BCUT2D eigenvalue weighted by molar-refractivity contribution is 8.00. The van der Waals surface area contributed by atoms with Gasteiger partial charge in [0.1, 0.15) is 0 Å². The second-order valence-electron chi connectivity index (χ2n) is 16.8. The molecule has 2 unspecified atom stereocenters. The average molecular weight is 723 g/mol. The van der Waals surface area contributed by atoms with Crippen LogP contribution >= 0.6 is 11.8 Å². The van der Waals surface area contributed by atoms with E-state index < -0.39 is 0 Å². The fraction of sp³-hybridized carbons (Fsp3) is 0.840. The van der Waals surface area contributed by atoms with Gasteiger partial charge >= 0.3 is 0 Å². The molecule has 0 saturated heterocycles. The Kier molecular flexibility index (Phi) is 33.1. The van der Waals surface area contributed by atoms with E-state index in [2.05, 4.69) is 62.1 Å². The highest BCUT2D eigenvalue weighted by atomic mass is 32.2. The Hall–Kier alpha value is -0.690. The lowest BCUT2D eigenvalue weighted by Gasteiger charge is -2.23. The zero-order valence-electron chi connectivity index (χ0n) is 34.9. The maximum atomic E-state index is 2.75. The highest BCUT2D eigenvalue weighted by Gasteiger charge is 2.17. The van der Waals surface area contributed by atoms with Crippen molar-refractivity contribution in [2.24, 2.45) is 0 Å². The minimum absolute atomic E-state index is 0.700. The lowest BCUT2D eigenvalue weighted by molar-refractivity contribution is 0.529. The van der Waals surface area contributed by atoms with Crippen molar-refractivity contribution in [2.75, 3.05) is 0 Å². The molecule has 296 valence electrons. The molecule has 0 aromatic rings. The molecule has 2 aliphatic rings. The van der Waals surface area contributed by atoms with Gasteiger partial charge in [-0.2, -0.15) is 0 Å².